The van der Waals surface area contributed by atoms with E-state index in [9.17, 15) is 0 Å². The fourth-order valence-electron chi connectivity index (χ4n) is 3.21. The Bertz CT molecular complexity index is 705. The maximum absolute atomic E-state index is 6.61. The highest BCUT2D eigenvalue weighted by atomic mass is 35.5. The van der Waals surface area contributed by atoms with Crippen LogP contribution in [0.25, 0.3) is 12.2 Å². The number of hydrogen-bond acceptors (Lipinski definition) is 0. The first kappa shape index (κ1) is 13.2. The molecule has 2 aliphatic carbocycles. The van der Waals surface area contributed by atoms with Crippen LogP contribution in [-0.4, -0.2) is 0 Å². The number of alkyl halides is 2. The van der Waals surface area contributed by atoms with Gasteiger partial charge in [-0.15, -0.1) is 23.2 Å². The molecule has 0 nitrogen and oxygen atoms in total. The van der Waals surface area contributed by atoms with Crippen molar-refractivity contribution in [1.29, 1.82) is 0 Å². The lowest BCUT2D eigenvalue weighted by atomic mass is 10.0. The molecule has 0 heterocycles. The van der Waals surface area contributed by atoms with Crippen LogP contribution in [0.3, 0.4) is 0 Å². The topological polar surface area (TPSA) is 0 Å². The molecule has 0 fully saturated rings. The molecule has 0 aliphatic heterocycles. The van der Waals surface area contributed by atoms with Crippen molar-refractivity contribution >= 4 is 35.4 Å². The summed E-state index contributed by atoms with van der Waals surface area (Å²) in [5.74, 6) is 0. The Hall–Kier alpha value is -1.50. The van der Waals surface area contributed by atoms with Crippen LogP contribution in [-0.2, 0) is 0 Å². The zero-order valence-electron chi connectivity index (χ0n) is 11.4. The van der Waals surface area contributed by atoms with E-state index >= 15 is 0 Å². The summed E-state index contributed by atoms with van der Waals surface area (Å²) >= 11 is 13.2. The van der Waals surface area contributed by atoms with Gasteiger partial charge in [0.15, 0.2) is 0 Å². The molecule has 104 valence electrons. The van der Waals surface area contributed by atoms with Gasteiger partial charge in [-0.25, -0.2) is 0 Å². The van der Waals surface area contributed by atoms with E-state index in [1.165, 1.54) is 33.4 Å². The largest absolute Gasteiger partial charge is 0.113 e. The third kappa shape index (κ3) is 2.14. The molecular weight excluding hydrogens is 299 g/mol. The van der Waals surface area contributed by atoms with Crippen molar-refractivity contribution in [2.45, 2.75) is 17.2 Å². The van der Waals surface area contributed by atoms with Crippen LogP contribution in [0.15, 0.2) is 59.7 Å². The molecule has 4 rings (SSSR count). The van der Waals surface area contributed by atoms with Crippen molar-refractivity contribution in [3.8, 4) is 0 Å². The summed E-state index contributed by atoms with van der Waals surface area (Å²) in [4.78, 5) is 0. The molecule has 0 spiro atoms. The predicted molar refractivity (Wildman–Crippen MR) is 90.6 cm³/mol. The smallest absolute Gasteiger partial charge is 0.0807 e. The van der Waals surface area contributed by atoms with Gasteiger partial charge in [0.1, 0.15) is 0 Å². The van der Waals surface area contributed by atoms with Gasteiger partial charge in [0, 0.05) is 0 Å². The lowest BCUT2D eigenvalue weighted by Crippen LogP contribution is -1.95. The van der Waals surface area contributed by atoms with E-state index in [0.717, 1.165) is 6.42 Å². The van der Waals surface area contributed by atoms with Crippen molar-refractivity contribution in [3.05, 3.63) is 81.9 Å². The van der Waals surface area contributed by atoms with E-state index in [4.69, 9.17) is 23.2 Å². The highest BCUT2D eigenvalue weighted by molar-refractivity contribution is 6.25. The van der Waals surface area contributed by atoms with Crippen LogP contribution in [0.1, 0.15) is 39.4 Å². The molecule has 2 heteroatoms. The number of benzene rings is 2. The van der Waals surface area contributed by atoms with Crippen molar-refractivity contribution in [2.75, 3.05) is 0 Å². The summed E-state index contributed by atoms with van der Waals surface area (Å²) in [7, 11) is 0. The molecule has 0 N–H and O–H groups in total. The first-order valence-electron chi connectivity index (χ1n) is 7.11. The second-order valence-corrected chi connectivity index (χ2v) is 6.47. The molecule has 0 saturated carbocycles. The Labute approximate surface area is 134 Å². The van der Waals surface area contributed by atoms with Crippen LogP contribution in [0, 0.1) is 0 Å². The van der Waals surface area contributed by atoms with Crippen LogP contribution < -0.4 is 0 Å². The number of allylic oxidation sites excluding steroid dienone is 2. The molecule has 2 atom stereocenters. The van der Waals surface area contributed by atoms with Gasteiger partial charge >= 0.3 is 0 Å². The molecule has 0 bridgehead atoms. The first-order valence-corrected chi connectivity index (χ1v) is 7.98. The Morgan fingerprint density at radius 2 is 1.10 bits per heavy atom. The number of rotatable bonds is 2. The summed E-state index contributed by atoms with van der Waals surface area (Å²) in [6, 6.07) is 16.6. The fourth-order valence-corrected chi connectivity index (χ4v) is 3.89. The van der Waals surface area contributed by atoms with Gasteiger partial charge in [-0.1, -0.05) is 60.7 Å². The van der Waals surface area contributed by atoms with E-state index in [1.807, 2.05) is 12.1 Å². The molecule has 0 aromatic heterocycles. The second kappa shape index (κ2) is 5.05. The zero-order chi connectivity index (χ0) is 14.4. The van der Waals surface area contributed by atoms with E-state index in [0.29, 0.717) is 0 Å². The molecule has 2 unspecified atom stereocenters. The average Bonchev–Trinajstić information content (AvgIpc) is 2.99. The normalized spacial score (nSPS) is 22.6. The Morgan fingerprint density at radius 1 is 0.667 bits per heavy atom. The van der Waals surface area contributed by atoms with Crippen molar-refractivity contribution < 1.29 is 0 Å². The van der Waals surface area contributed by atoms with Crippen molar-refractivity contribution in [3.63, 3.8) is 0 Å². The van der Waals surface area contributed by atoms with Crippen molar-refractivity contribution in [2.24, 2.45) is 0 Å². The van der Waals surface area contributed by atoms with Gasteiger partial charge in [0.2, 0.25) is 0 Å². The standard InChI is InChI=1S/C19H14Cl2/c20-18-14(9-12-5-1-3-7-16(12)18)11-15-10-13-6-2-4-8-17(13)19(15)21/h1-10,18-19H,11H2. The van der Waals surface area contributed by atoms with Gasteiger partial charge in [0.05, 0.1) is 10.8 Å². The van der Waals surface area contributed by atoms with Gasteiger partial charge in [-0.05, 0) is 39.8 Å². The summed E-state index contributed by atoms with van der Waals surface area (Å²) in [6.45, 7) is 0. The predicted octanol–water partition coefficient (Wildman–Crippen LogP) is 6.13. The Kier molecular flexibility index (Phi) is 3.17. The molecule has 0 radical (unpaired) electrons. The summed E-state index contributed by atoms with van der Waals surface area (Å²) in [5, 5.41) is -0.0654. The Balaban J connectivity index is 1.62. The van der Waals surface area contributed by atoms with Crippen LogP contribution in [0.5, 0.6) is 0 Å². The minimum absolute atomic E-state index is 0.0327. The zero-order valence-corrected chi connectivity index (χ0v) is 12.9. The molecule has 2 aromatic rings. The molecule has 21 heavy (non-hydrogen) atoms. The molecule has 2 aromatic carbocycles. The lowest BCUT2D eigenvalue weighted by molar-refractivity contribution is 0.977. The third-order valence-electron chi connectivity index (χ3n) is 4.28. The molecule has 0 amide bonds. The minimum atomic E-state index is -0.0327. The molecule has 2 aliphatic rings. The summed E-state index contributed by atoms with van der Waals surface area (Å²) in [5.41, 5.74) is 7.35. The van der Waals surface area contributed by atoms with Gasteiger partial charge in [-0.2, -0.15) is 0 Å². The molecular formula is C19H14Cl2. The fraction of sp³-hybridized carbons (Fsp3) is 0.158. The maximum atomic E-state index is 6.61. The minimum Gasteiger partial charge on any atom is -0.113 e. The van der Waals surface area contributed by atoms with Gasteiger partial charge in [0.25, 0.3) is 0 Å². The highest BCUT2D eigenvalue weighted by Gasteiger charge is 2.28. The number of hydrogen-bond donors (Lipinski definition) is 0. The SMILES string of the molecule is ClC1C(CC2=Cc3ccccc3C2Cl)=Cc2ccccc21. The van der Waals surface area contributed by atoms with E-state index in [-0.39, 0.29) is 10.8 Å². The van der Waals surface area contributed by atoms with E-state index in [2.05, 4.69) is 48.6 Å². The van der Waals surface area contributed by atoms with Gasteiger partial charge in [-0.3, -0.25) is 0 Å². The maximum Gasteiger partial charge on any atom is 0.0807 e. The number of halogens is 2. The lowest BCUT2D eigenvalue weighted by Gasteiger charge is -2.13. The van der Waals surface area contributed by atoms with Crippen molar-refractivity contribution in [1.82, 2.24) is 0 Å². The molecule has 0 saturated heterocycles. The van der Waals surface area contributed by atoms with Crippen LogP contribution in [0.4, 0.5) is 0 Å². The quantitative estimate of drug-likeness (QED) is 0.585. The Morgan fingerprint density at radius 3 is 1.52 bits per heavy atom. The monoisotopic (exact) mass is 312 g/mol. The second-order valence-electron chi connectivity index (χ2n) is 5.60. The van der Waals surface area contributed by atoms with Crippen LogP contribution in [0.2, 0.25) is 0 Å². The number of fused-ring (bicyclic) bond motifs is 2. The average molecular weight is 313 g/mol. The first-order chi connectivity index (χ1) is 10.2. The van der Waals surface area contributed by atoms with Crippen LogP contribution >= 0.6 is 23.2 Å². The van der Waals surface area contributed by atoms with Gasteiger partial charge < -0.3 is 0 Å². The highest BCUT2D eigenvalue weighted by Crippen LogP contribution is 2.47. The third-order valence-corrected chi connectivity index (χ3v) is 5.31. The summed E-state index contributed by atoms with van der Waals surface area (Å²) < 4.78 is 0. The van der Waals surface area contributed by atoms with E-state index in [1.54, 1.807) is 0 Å². The summed E-state index contributed by atoms with van der Waals surface area (Å²) in [6.07, 6.45) is 5.26. The van der Waals surface area contributed by atoms with E-state index < -0.39 is 0 Å².